The van der Waals surface area contributed by atoms with E-state index >= 15 is 0 Å². The van der Waals surface area contributed by atoms with Crippen LogP contribution < -0.4 is 70.4 Å². The molecular formula is C28H70F3N3O45P11-11. The van der Waals surface area contributed by atoms with E-state index in [2.05, 4.69) is 67.9 Å². The van der Waals surface area contributed by atoms with Crippen molar-refractivity contribution in [2.24, 2.45) is 17.8 Å². The maximum Gasteiger partial charge on any atom is 0.267 e. The number of hydrogen-bond donors (Lipinski definition) is 11. The van der Waals surface area contributed by atoms with E-state index in [4.69, 9.17) is 39.4 Å². The first-order valence-corrected chi connectivity index (χ1v) is 39.7. The summed E-state index contributed by atoms with van der Waals surface area (Å²) in [6.45, 7) is -1.89. The van der Waals surface area contributed by atoms with Crippen molar-refractivity contribution in [3.8, 4) is 0 Å². The lowest BCUT2D eigenvalue weighted by Gasteiger charge is -2.29. The van der Waals surface area contributed by atoms with Crippen molar-refractivity contribution < 1.29 is 225 Å². The third kappa shape index (κ3) is 97.5. The number of phosphoric acid groups is 11. The van der Waals surface area contributed by atoms with Gasteiger partial charge in [0.2, 0.25) is 0 Å². The Labute approximate surface area is 510 Å². The molecule has 0 amide bonds. The van der Waals surface area contributed by atoms with Gasteiger partial charge in [0.05, 0.1) is 99.1 Å². The largest absolute Gasteiger partial charge is 0.756 e. The Hall–Kier alpha value is 0.840. The number of halogens is 3. The summed E-state index contributed by atoms with van der Waals surface area (Å²) in [7, 11) is -52.4. The molecule has 0 aromatic rings. The molecule has 11 N–H and O–H groups in total. The van der Waals surface area contributed by atoms with Crippen LogP contribution in [0.15, 0.2) is 0 Å². The molecule has 90 heavy (non-hydrogen) atoms. The predicted octanol–water partition coefficient (Wildman–Crippen LogP) is -6.37. The van der Waals surface area contributed by atoms with Crippen molar-refractivity contribution in [3.63, 3.8) is 0 Å². The summed E-state index contributed by atoms with van der Waals surface area (Å²) < 4.78 is 214. The monoisotopic (exact) mass is 1570 g/mol. The summed E-state index contributed by atoms with van der Waals surface area (Å²) in [5.74, 6) is -3.56. The van der Waals surface area contributed by atoms with Crippen LogP contribution in [0.4, 0.5) is 13.4 Å². The third-order valence-corrected chi connectivity index (χ3v) is 14.5. The second-order valence-corrected chi connectivity index (χ2v) is 28.2. The molecule has 0 bridgehead atoms. The van der Waals surface area contributed by atoms with Crippen molar-refractivity contribution in [1.29, 1.82) is 0 Å². The molecule has 48 nitrogen and oxygen atoms in total. The summed E-state index contributed by atoms with van der Waals surface area (Å²) in [4.78, 5) is 171. The molecule has 0 heterocycles. The average molecular weight is 1570 g/mol. The first kappa shape index (κ1) is 104. The molecule has 0 rings (SSSR count). The molecule has 0 spiro atoms. The van der Waals surface area contributed by atoms with Crippen LogP contribution >= 0.6 is 86.0 Å². The smallest absolute Gasteiger partial charge is 0.267 e. The number of aliphatic hydroxyl groups excluding tert-OH is 1. The fourth-order valence-corrected chi connectivity index (χ4v) is 8.97. The van der Waals surface area contributed by atoms with Crippen LogP contribution in [0.1, 0.15) is 41.5 Å². The Morgan fingerprint density at radius 2 is 0.444 bits per heavy atom. The zero-order chi connectivity index (χ0) is 72.4. The highest BCUT2D eigenvalue weighted by atomic mass is 31.2. The Kier molecular flexibility index (Phi) is 64.5. The quantitative estimate of drug-likeness (QED) is 0.0154. The van der Waals surface area contributed by atoms with Crippen LogP contribution in [0.2, 0.25) is 0 Å². The molecule has 554 valence electrons. The zero-order valence-electron chi connectivity index (χ0n) is 47.4. The van der Waals surface area contributed by atoms with E-state index in [1.165, 1.54) is 47.1 Å². The summed E-state index contributed by atoms with van der Waals surface area (Å²) in [5, 5.41) is 8.95. The van der Waals surface area contributed by atoms with E-state index < -0.39 is 190 Å². The van der Waals surface area contributed by atoms with Crippen LogP contribution in [0.3, 0.4) is 0 Å². The highest BCUT2D eigenvalue weighted by Crippen LogP contribution is 2.44. The zero-order valence-corrected chi connectivity index (χ0v) is 57.2. The average Bonchev–Trinajstić information content (AvgIpc) is 3.58. The fourth-order valence-electron chi connectivity index (χ4n) is 3.55. The molecule has 14 unspecified atom stereocenters. The molecule has 0 fully saturated rings. The van der Waals surface area contributed by atoms with Crippen LogP contribution in [0, 0.1) is 17.8 Å². The van der Waals surface area contributed by atoms with Gasteiger partial charge in [-0.3, -0.25) is 50.2 Å². The third-order valence-electron chi connectivity index (χ3n) is 6.62. The first-order valence-electron chi connectivity index (χ1n) is 23.3. The van der Waals surface area contributed by atoms with E-state index in [-0.39, 0.29) is 39.6 Å². The van der Waals surface area contributed by atoms with Gasteiger partial charge in [-0.05, 0) is 41.5 Å². The SMILES string of the molecule is CCOP(=O)([O-])O.CCOP(=O)([O-])O.CCOP(=O)([O-])O.CCOP(=O)([O-])O.CCOP(=O)([O-])O.CCOP(=O)([O-])O.O=P([O-])(O)OCC(CNF)COP(=O)([O-])OCCOP(=O)([O-])OCC(CNF)COP(=O)([O-])OCCOP(=O)([O-])OCC(CO)CNF. The Bertz CT molecular complexity index is 2130. The Morgan fingerprint density at radius 3 is 0.578 bits per heavy atom. The highest BCUT2D eigenvalue weighted by Gasteiger charge is 2.22. The number of hydrogen-bond acceptors (Lipinski definition) is 41. The van der Waals surface area contributed by atoms with Gasteiger partial charge in [0.1, 0.15) is 0 Å². The molecule has 0 aliphatic rings. The number of rotatable bonds is 44. The van der Waals surface area contributed by atoms with Crippen molar-refractivity contribution in [3.05, 3.63) is 0 Å². The highest BCUT2D eigenvalue weighted by molar-refractivity contribution is 7.47. The predicted molar refractivity (Wildman–Crippen MR) is 267 cm³/mol. The van der Waals surface area contributed by atoms with Crippen LogP contribution in [0.25, 0.3) is 0 Å². The second-order valence-electron chi connectivity index (χ2n) is 14.2. The van der Waals surface area contributed by atoms with Gasteiger partial charge in [-0.1, -0.05) is 0 Å². The lowest BCUT2D eigenvalue weighted by molar-refractivity contribution is -0.236. The number of nitrogens with one attached hydrogen (secondary N) is 3. The Morgan fingerprint density at radius 1 is 0.289 bits per heavy atom. The molecule has 14 atom stereocenters. The van der Waals surface area contributed by atoms with Gasteiger partial charge in [-0.25, -0.2) is 0 Å². The minimum atomic E-state index is -5.25. The minimum Gasteiger partial charge on any atom is -0.756 e. The molecule has 0 aliphatic heterocycles. The van der Waals surface area contributed by atoms with Gasteiger partial charge in [0.15, 0.2) is 0 Å². The molecule has 0 aromatic carbocycles. The lowest BCUT2D eigenvalue weighted by atomic mass is 10.2. The molecular weight excluding hydrogens is 1500 g/mol. The van der Waals surface area contributed by atoms with Gasteiger partial charge in [-0.2, -0.15) is 16.6 Å². The number of aliphatic hydroxyl groups is 1. The van der Waals surface area contributed by atoms with E-state index in [0.29, 0.717) is 0 Å². The van der Waals surface area contributed by atoms with Crippen molar-refractivity contribution in [2.45, 2.75) is 41.5 Å². The van der Waals surface area contributed by atoms with Crippen molar-refractivity contribution in [2.75, 3.05) is 125 Å². The van der Waals surface area contributed by atoms with Crippen LogP contribution in [0.5, 0.6) is 0 Å². The van der Waals surface area contributed by atoms with Gasteiger partial charge < -0.3 is 161 Å². The van der Waals surface area contributed by atoms with E-state index in [1.807, 2.05) is 0 Å². The maximum atomic E-state index is 12.6. The van der Waals surface area contributed by atoms with Crippen LogP contribution in [-0.2, 0) is 118 Å². The summed E-state index contributed by atoms with van der Waals surface area (Å²) in [5.41, 5.74) is 3.42. The fraction of sp³-hybridized carbons (Fsp3) is 1.00. The molecule has 0 aromatic heterocycles. The summed E-state index contributed by atoms with van der Waals surface area (Å²) in [6, 6.07) is 0. The normalized spacial score (nSPS) is 19.6. The molecule has 0 radical (unpaired) electrons. The van der Waals surface area contributed by atoms with E-state index in [0.717, 1.165) is 11.1 Å². The number of phosphoric ester groups is 11. The second kappa shape index (κ2) is 55.7. The van der Waals surface area contributed by atoms with Crippen molar-refractivity contribution in [1.82, 2.24) is 16.6 Å². The van der Waals surface area contributed by atoms with Gasteiger partial charge in [-0.15, -0.1) is 13.4 Å². The topological polar surface area (TPSA) is 778 Å². The molecule has 62 heteroatoms. The minimum absolute atomic E-state index is 0.0166. The maximum absolute atomic E-state index is 12.6. The van der Waals surface area contributed by atoms with Crippen molar-refractivity contribution >= 4 is 86.0 Å². The first-order chi connectivity index (χ1) is 40.5. The molecule has 0 saturated heterocycles. The van der Waals surface area contributed by atoms with Crippen LogP contribution in [-0.4, -0.2) is 165 Å². The van der Waals surface area contributed by atoms with Gasteiger partial charge >= 0.3 is 0 Å². The molecule has 0 saturated carbocycles. The summed E-state index contributed by atoms with van der Waals surface area (Å²) in [6.07, 6.45) is 0. The van der Waals surface area contributed by atoms with E-state index in [1.54, 1.807) is 0 Å². The summed E-state index contributed by atoms with van der Waals surface area (Å²) >= 11 is 0. The standard InChI is InChI=1S/C16H39F3N3O21P5.6C2H7O4P/c17-20-5-14(8-23)9-40-45(27,28)35-1-2-37-47(31,32)42-12-16(7-22-19)13-43-48(33,34)38-4-3-36-46(29,30)41-11-15(6-21-18)10-39-44(24,25)26;6*1-2-6-7(3,4)5/h14-16,20-23H,1-13H2,(H,27,28)(H,29,30)(H,31,32)(H,33,34)(H2,24,25,26);6*2H2,1H3,(H2,3,4,5)/p-11. The lowest BCUT2D eigenvalue weighted by Crippen LogP contribution is -2.27. The van der Waals surface area contributed by atoms with Gasteiger partial charge in [0, 0.05) is 44.0 Å². The molecule has 0 aliphatic carbocycles. The van der Waals surface area contributed by atoms with E-state index in [9.17, 15) is 117 Å². The Balaban J connectivity index is -0.000000258. The van der Waals surface area contributed by atoms with Gasteiger partial charge in [0.25, 0.3) is 86.0 Å².